The summed E-state index contributed by atoms with van der Waals surface area (Å²) < 4.78 is 5.57. The van der Waals surface area contributed by atoms with E-state index in [9.17, 15) is 0 Å². The Kier molecular flexibility index (Phi) is 6.58. The van der Waals surface area contributed by atoms with Gasteiger partial charge in [0.2, 0.25) is 0 Å². The lowest BCUT2D eigenvalue weighted by atomic mass is 10.1. The maximum Gasteiger partial charge on any atom is 0.119 e. The van der Waals surface area contributed by atoms with Gasteiger partial charge in [0.15, 0.2) is 0 Å². The van der Waals surface area contributed by atoms with Gasteiger partial charge in [-0.2, -0.15) is 0 Å². The zero-order chi connectivity index (χ0) is 12.5. The van der Waals surface area contributed by atoms with Gasteiger partial charge >= 0.3 is 0 Å². The van der Waals surface area contributed by atoms with Crippen LogP contribution < -0.4 is 10.5 Å². The molecule has 1 aromatic carbocycles. The van der Waals surface area contributed by atoms with Crippen molar-refractivity contribution < 1.29 is 9.84 Å². The maximum absolute atomic E-state index is 8.62. The molecule has 0 aliphatic heterocycles. The fourth-order valence-corrected chi connectivity index (χ4v) is 1.65. The van der Waals surface area contributed by atoms with Crippen LogP contribution in [0.4, 0.5) is 0 Å². The van der Waals surface area contributed by atoms with Crippen molar-refractivity contribution in [1.29, 1.82) is 0 Å². The van der Waals surface area contributed by atoms with Crippen molar-refractivity contribution in [3.63, 3.8) is 0 Å². The third kappa shape index (κ3) is 6.24. The molecule has 3 nitrogen and oxygen atoms in total. The summed E-state index contributed by atoms with van der Waals surface area (Å²) in [6.07, 6.45) is 3.44. The van der Waals surface area contributed by atoms with Gasteiger partial charge in [-0.05, 0) is 37.0 Å². The number of aliphatic hydroxyl groups excluding tert-OH is 1. The van der Waals surface area contributed by atoms with Gasteiger partial charge in [-0.15, -0.1) is 0 Å². The molecule has 1 aromatic rings. The lowest BCUT2D eigenvalue weighted by Crippen LogP contribution is -2.10. The molecule has 0 heterocycles. The van der Waals surface area contributed by atoms with Gasteiger partial charge in [-0.3, -0.25) is 0 Å². The minimum Gasteiger partial charge on any atom is -0.494 e. The van der Waals surface area contributed by atoms with E-state index in [2.05, 4.69) is 0 Å². The average molecular weight is 253 g/mol. The summed E-state index contributed by atoms with van der Waals surface area (Å²) in [5.74, 6) is 0.862. The van der Waals surface area contributed by atoms with Gasteiger partial charge in [0, 0.05) is 13.0 Å². The molecule has 0 saturated carbocycles. The highest BCUT2D eigenvalue weighted by atomic mass is 32.1. The Morgan fingerprint density at radius 3 is 2.47 bits per heavy atom. The number of rotatable bonds is 8. The molecule has 17 heavy (non-hydrogen) atoms. The van der Waals surface area contributed by atoms with Crippen LogP contribution in [0.15, 0.2) is 24.3 Å². The maximum atomic E-state index is 8.62. The molecule has 0 aliphatic rings. The first kappa shape index (κ1) is 13.9. The molecular weight excluding hydrogens is 234 g/mol. The number of nitrogens with two attached hydrogens (primary N) is 1. The van der Waals surface area contributed by atoms with Crippen molar-refractivity contribution in [3.05, 3.63) is 29.8 Å². The number of benzene rings is 1. The summed E-state index contributed by atoms with van der Waals surface area (Å²) in [4.78, 5) is 0.502. The predicted octanol–water partition coefficient (Wildman–Crippen LogP) is 2.06. The summed E-state index contributed by atoms with van der Waals surface area (Å²) in [5, 5.41) is 8.62. The SMILES string of the molecule is NC(=S)Cc1ccc(OCCCCCO)cc1. The molecule has 0 atom stereocenters. The molecule has 0 unspecified atom stereocenters. The van der Waals surface area contributed by atoms with Crippen molar-refractivity contribution in [2.75, 3.05) is 13.2 Å². The molecule has 94 valence electrons. The van der Waals surface area contributed by atoms with E-state index in [0.717, 1.165) is 30.6 Å². The van der Waals surface area contributed by atoms with Crippen LogP contribution in [0.5, 0.6) is 5.75 Å². The molecule has 0 aliphatic carbocycles. The van der Waals surface area contributed by atoms with E-state index in [1.807, 2.05) is 24.3 Å². The lowest BCUT2D eigenvalue weighted by molar-refractivity contribution is 0.266. The number of unbranched alkanes of at least 4 members (excludes halogenated alkanes) is 2. The Hall–Kier alpha value is -1.13. The fourth-order valence-electron chi connectivity index (χ4n) is 1.49. The predicted molar refractivity (Wildman–Crippen MR) is 73.4 cm³/mol. The molecule has 0 fully saturated rings. The van der Waals surface area contributed by atoms with E-state index in [0.29, 0.717) is 18.0 Å². The summed E-state index contributed by atoms with van der Waals surface area (Å²) >= 11 is 4.85. The minimum absolute atomic E-state index is 0.258. The number of aliphatic hydroxyl groups is 1. The highest BCUT2D eigenvalue weighted by Gasteiger charge is 1.97. The molecule has 0 bridgehead atoms. The van der Waals surface area contributed by atoms with Crippen LogP contribution in [0.1, 0.15) is 24.8 Å². The van der Waals surface area contributed by atoms with Gasteiger partial charge in [-0.1, -0.05) is 24.4 Å². The Morgan fingerprint density at radius 2 is 1.88 bits per heavy atom. The second kappa shape index (κ2) is 8.03. The van der Waals surface area contributed by atoms with Crippen LogP contribution in [0.2, 0.25) is 0 Å². The van der Waals surface area contributed by atoms with Crippen molar-refractivity contribution in [2.45, 2.75) is 25.7 Å². The van der Waals surface area contributed by atoms with Crippen molar-refractivity contribution in [1.82, 2.24) is 0 Å². The Balaban J connectivity index is 2.28. The van der Waals surface area contributed by atoms with E-state index in [-0.39, 0.29) is 6.61 Å². The molecule has 0 spiro atoms. The average Bonchev–Trinajstić information content (AvgIpc) is 2.30. The minimum atomic E-state index is 0.258. The van der Waals surface area contributed by atoms with Crippen LogP contribution in [-0.4, -0.2) is 23.3 Å². The van der Waals surface area contributed by atoms with E-state index in [4.69, 9.17) is 27.8 Å². The first-order valence-corrected chi connectivity index (χ1v) is 6.24. The summed E-state index contributed by atoms with van der Waals surface area (Å²) in [7, 11) is 0. The van der Waals surface area contributed by atoms with Crippen molar-refractivity contribution >= 4 is 17.2 Å². The number of hydrogen-bond acceptors (Lipinski definition) is 3. The van der Waals surface area contributed by atoms with Gasteiger partial charge in [-0.25, -0.2) is 0 Å². The molecular formula is C13H19NO2S. The molecule has 4 heteroatoms. The van der Waals surface area contributed by atoms with E-state index < -0.39 is 0 Å². The molecule has 0 saturated heterocycles. The van der Waals surface area contributed by atoms with E-state index in [1.165, 1.54) is 0 Å². The monoisotopic (exact) mass is 253 g/mol. The van der Waals surface area contributed by atoms with Crippen molar-refractivity contribution in [2.24, 2.45) is 5.73 Å². The first-order chi connectivity index (χ1) is 8.22. The third-order valence-corrected chi connectivity index (χ3v) is 2.52. The lowest BCUT2D eigenvalue weighted by Gasteiger charge is -2.06. The molecule has 3 N–H and O–H groups in total. The Labute approximate surface area is 108 Å². The first-order valence-electron chi connectivity index (χ1n) is 5.83. The van der Waals surface area contributed by atoms with Gasteiger partial charge in [0.25, 0.3) is 0 Å². The highest BCUT2D eigenvalue weighted by molar-refractivity contribution is 7.80. The number of thiocarbonyl (C=S) groups is 1. The highest BCUT2D eigenvalue weighted by Crippen LogP contribution is 2.13. The molecule has 1 rings (SSSR count). The van der Waals surface area contributed by atoms with Crippen molar-refractivity contribution in [3.8, 4) is 5.75 Å². The second-order valence-electron chi connectivity index (χ2n) is 3.92. The number of hydrogen-bond donors (Lipinski definition) is 2. The van der Waals surface area contributed by atoms with Gasteiger partial charge in [0.05, 0.1) is 11.6 Å². The Bertz CT molecular complexity index is 338. The standard InChI is InChI=1S/C13H19NO2S/c14-13(17)10-11-4-6-12(7-5-11)16-9-3-1-2-8-15/h4-7,15H,1-3,8-10H2,(H2,14,17). The zero-order valence-corrected chi connectivity index (χ0v) is 10.7. The van der Waals surface area contributed by atoms with Crippen LogP contribution in [0.25, 0.3) is 0 Å². The smallest absolute Gasteiger partial charge is 0.119 e. The van der Waals surface area contributed by atoms with Gasteiger partial charge in [0.1, 0.15) is 5.75 Å². The zero-order valence-electron chi connectivity index (χ0n) is 9.89. The Morgan fingerprint density at radius 1 is 1.18 bits per heavy atom. The fraction of sp³-hybridized carbons (Fsp3) is 0.462. The third-order valence-electron chi connectivity index (χ3n) is 2.37. The molecule has 0 radical (unpaired) electrons. The summed E-state index contributed by atoms with van der Waals surface area (Å²) in [6, 6.07) is 7.81. The summed E-state index contributed by atoms with van der Waals surface area (Å²) in [5.41, 5.74) is 6.57. The van der Waals surface area contributed by atoms with E-state index >= 15 is 0 Å². The van der Waals surface area contributed by atoms with Crippen LogP contribution in [-0.2, 0) is 6.42 Å². The normalized spacial score (nSPS) is 10.2. The van der Waals surface area contributed by atoms with E-state index in [1.54, 1.807) is 0 Å². The van der Waals surface area contributed by atoms with Crippen LogP contribution >= 0.6 is 12.2 Å². The molecule has 0 aromatic heterocycles. The summed E-state index contributed by atoms with van der Waals surface area (Å²) in [6.45, 7) is 0.947. The number of ether oxygens (including phenoxy) is 1. The quantitative estimate of drug-likeness (QED) is 0.550. The molecule has 0 amide bonds. The largest absolute Gasteiger partial charge is 0.494 e. The van der Waals surface area contributed by atoms with Crippen LogP contribution in [0, 0.1) is 0 Å². The van der Waals surface area contributed by atoms with Crippen LogP contribution in [0.3, 0.4) is 0 Å². The topological polar surface area (TPSA) is 55.5 Å². The second-order valence-corrected chi connectivity index (χ2v) is 4.44. The van der Waals surface area contributed by atoms with Gasteiger partial charge < -0.3 is 15.6 Å².